The molecule has 0 bridgehead atoms. The lowest BCUT2D eigenvalue weighted by Gasteiger charge is -2.06. The molecule has 6 nitrogen and oxygen atoms in total. The van der Waals surface area contributed by atoms with E-state index in [0.29, 0.717) is 16.4 Å². The minimum atomic E-state index is -0.318. The number of nitrogens with zero attached hydrogens (tertiary/aromatic N) is 1. The summed E-state index contributed by atoms with van der Waals surface area (Å²) in [6, 6.07) is 6.79. The molecule has 2 N–H and O–H groups in total. The number of hydrogen-bond donors (Lipinski definition) is 2. The van der Waals surface area contributed by atoms with Crippen LogP contribution < -0.4 is 15.4 Å². The van der Waals surface area contributed by atoms with Gasteiger partial charge >= 0.3 is 0 Å². The topological polar surface area (TPSA) is 80.3 Å². The van der Waals surface area contributed by atoms with Crippen LogP contribution in [0.4, 0.5) is 5.69 Å². The first-order chi connectivity index (χ1) is 9.69. The average Bonchev–Trinajstić information content (AvgIpc) is 3.00. The fourth-order valence-corrected chi connectivity index (χ4v) is 2.08. The Morgan fingerprint density at radius 2 is 2.20 bits per heavy atom. The third-order valence-corrected chi connectivity index (χ3v) is 3.25. The van der Waals surface area contributed by atoms with Crippen LogP contribution in [-0.4, -0.2) is 30.5 Å². The molecule has 0 saturated heterocycles. The molecule has 2 aromatic rings. The zero-order valence-corrected chi connectivity index (χ0v) is 11.6. The van der Waals surface area contributed by atoms with E-state index in [4.69, 9.17) is 4.74 Å². The summed E-state index contributed by atoms with van der Waals surface area (Å²) in [5.41, 5.74) is 0.543. The molecule has 0 spiro atoms. The van der Waals surface area contributed by atoms with Gasteiger partial charge in [-0.2, -0.15) is 0 Å². The number of rotatable bonds is 5. The minimum absolute atomic E-state index is 0.0945. The van der Waals surface area contributed by atoms with Gasteiger partial charge in [0, 0.05) is 6.07 Å². The van der Waals surface area contributed by atoms with Gasteiger partial charge in [-0.05, 0) is 17.5 Å². The molecule has 0 radical (unpaired) electrons. The maximum Gasteiger partial charge on any atom is 0.261 e. The number of anilines is 1. The van der Waals surface area contributed by atoms with Gasteiger partial charge in [-0.15, -0.1) is 11.3 Å². The highest BCUT2D eigenvalue weighted by Gasteiger charge is 2.09. The predicted octanol–water partition coefficient (Wildman–Crippen LogP) is 1.52. The molecule has 20 heavy (non-hydrogen) atoms. The first-order valence-electron chi connectivity index (χ1n) is 5.80. The summed E-state index contributed by atoms with van der Waals surface area (Å²) in [5.74, 6) is -0.112. The Kier molecular flexibility index (Phi) is 4.67. The zero-order valence-electron chi connectivity index (χ0n) is 10.8. The normalized spacial score (nSPS) is 9.85. The van der Waals surface area contributed by atoms with Crippen LogP contribution in [0.25, 0.3) is 0 Å². The minimum Gasteiger partial charge on any atom is -0.481 e. The van der Waals surface area contributed by atoms with Crippen LogP contribution in [0.1, 0.15) is 9.67 Å². The number of amides is 2. The quantitative estimate of drug-likeness (QED) is 0.875. The first kappa shape index (κ1) is 14.0. The molecule has 0 atom stereocenters. The lowest BCUT2D eigenvalue weighted by Crippen LogP contribution is -2.32. The summed E-state index contributed by atoms with van der Waals surface area (Å²) in [7, 11) is 1.51. The first-order valence-corrected chi connectivity index (χ1v) is 6.68. The molecular weight excluding hydrogens is 278 g/mol. The zero-order chi connectivity index (χ0) is 14.4. The van der Waals surface area contributed by atoms with Gasteiger partial charge in [0.25, 0.3) is 5.91 Å². The summed E-state index contributed by atoms with van der Waals surface area (Å²) in [6.07, 6.45) is 1.48. The third-order valence-electron chi connectivity index (χ3n) is 2.38. The maximum atomic E-state index is 11.7. The highest BCUT2D eigenvalue weighted by Crippen LogP contribution is 2.10. The van der Waals surface area contributed by atoms with Crippen LogP contribution >= 0.6 is 11.3 Å². The number of carbonyl (C=O) groups is 2. The average molecular weight is 291 g/mol. The number of pyridine rings is 1. The molecule has 0 saturated carbocycles. The van der Waals surface area contributed by atoms with Crippen molar-refractivity contribution in [1.29, 1.82) is 0 Å². The van der Waals surface area contributed by atoms with Crippen LogP contribution in [0.2, 0.25) is 0 Å². The summed E-state index contributed by atoms with van der Waals surface area (Å²) >= 11 is 1.32. The Morgan fingerprint density at radius 3 is 2.80 bits per heavy atom. The van der Waals surface area contributed by atoms with Crippen LogP contribution in [0.5, 0.6) is 5.88 Å². The molecule has 2 amide bonds. The summed E-state index contributed by atoms with van der Waals surface area (Å²) in [5, 5.41) is 6.97. The van der Waals surface area contributed by atoms with E-state index in [2.05, 4.69) is 15.6 Å². The SMILES string of the molecule is COc1ccc(NC(=O)CNC(=O)c2cccs2)cn1. The maximum absolute atomic E-state index is 11.7. The molecule has 0 aromatic carbocycles. The fourth-order valence-electron chi connectivity index (χ4n) is 1.44. The lowest BCUT2D eigenvalue weighted by molar-refractivity contribution is -0.115. The highest BCUT2D eigenvalue weighted by atomic mass is 32.1. The number of nitrogens with one attached hydrogen (secondary N) is 2. The standard InChI is InChI=1S/C13H13N3O3S/c1-19-12-5-4-9(7-14-12)16-11(17)8-15-13(18)10-3-2-6-20-10/h2-7H,8H2,1H3,(H,15,18)(H,16,17). The van der Waals surface area contributed by atoms with Gasteiger partial charge < -0.3 is 15.4 Å². The number of carbonyl (C=O) groups excluding carboxylic acids is 2. The smallest absolute Gasteiger partial charge is 0.261 e. The Bertz CT molecular complexity index is 581. The van der Waals surface area contributed by atoms with E-state index in [1.807, 2.05) is 0 Å². The van der Waals surface area contributed by atoms with E-state index >= 15 is 0 Å². The summed E-state index contributed by atoms with van der Waals surface area (Å²) < 4.78 is 4.91. The van der Waals surface area contributed by atoms with E-state index in [1.165, 1.54) is 24.6 Å². The van der Waals surface area contributed by atoms with Gasteiger partial charge in [-0.1, -0.05) is 6.07 Å². The van der Waals surface area contributed by atoms with E-state index in [9.17, 15) is 9.59 Å². The molecule has 2 rings (SSSR count). The van der Waals surface area contributed by atoms with Crippen molar-refractivity contribution in [3.05, 3.63) is 40.7 Å². The van der Waals surface area contributed by atoms with Gasteiger partial charge in [-0.25, -0.2) is 4.98 Å². The Balaban J connectivity index is 1.81. The van der Waals surface area contributed by atoms with E-state index < -0.39 is 0 Å². The van der Waals surface area contributed by atoms with Crippen molar-refractivity contribution in [2.24, 2.45) is 0 Å². The molecule has 104 valence electrons. The van der Waals surface area contributed by atoms with Gasteiger partial charge in [0.05, 0.1) is 30.4 Å². The van der Waals surface area contributed by atoms with Crippen molar-refractivity contribution in [2.45, 2.75) is 0 Å². The molecule has 7 heteroatoms. The molecule has 0 fully saturated rings. The van der Waals surface area contributed by atoms with Crippen molar-refractivity contribution in [1.82, 2.24) is 10.3 Å². The third kappa shape index (κ3) is 3.79. The van der Waals surface area contributed by atoms with Crippen molar-refractivity contribution in [3.63, 3.8) is 0 Å². The number of ether oxygens (including phenoxy) is 1. The number of hydrogen-bond acceptors (Lipinski definition) is 5. The second kappa shape index (κ2) is 6.67. The monoisotopic (exact) mass is 291 g/mol. The van der Waals surface area contributed by atoms with Crippen LogP contribution in [-0.2, 0) is 4.79 Å². The summed E-state index contributed by atoms with van der Waals surface area (Å²) in [4.78, 5) is 27.8. The van der Waals surface area contributed by atoms with E-state index in [1.54, 1.807) is 29.6 Å². The number of thiophene rings is 1. The Morgan fingerprint density at radius 1 is 1.35 bits per heavy atom. The van der Waals surface area contributed by atoms with Gasteiger partial charge in [0.15, 0.2) is 0 Å². The molecule has 2 heterocycles. The van der Waals surface area contributed by atoms with Crippen molar-refractivity contribution in [3.8, 4) is 5.88 Å². The lowest BCUT2D eigenvalue weighted by atomic mass is 10.4. The van der Waals surface area contributed by atoms with Crippen LogP contribution in [0, 0.1) is 0 Å². The van der Waals surface area contributed by atoms with Crippen LogP contribution in [0.15, 0.2) is 35.8 Å². The van der Waals surface area contributed by atoms with Crippen LogP contribution in [0.3, 0.4) is 0 Å². The van der Waals surface area contributed by atoms with E-state index in [-0.39, 0.29) is 18.4 Å². The fraction of sp³-hybridized carbons (Fsp3) is 0.154. The number of aromatic nitrogens is 1. The molecular formula is C13H13N3O3S. The highest BCUT2D eigenvalue weighted by molar-refractivity contribution is 7.12. The van der Waals surface area contributed by atoms with Crippen molar-refractivity contribution >= 4 is 28.8 Å². The molecule has 0 aliphatic carbocycles. The second-order valence-corrected chi connectivity index (χ2v) is 4.75. The van der Waals surface area contributed by atoms with Gasteiger partial charge in [-0.3, -0.25) is 9.59 Å². The van der Waals surface area contributed by atoms with E-state index in [0.717, 1.165) is 0 Å². The molecule has 0 aliphatic rings. The largest absolute Gasteiger partial charge is 0.481 e. The number of methoxy groups -OCH3 is 1. The molecule has 2 aromatic heterocycles. The Hall–Kier alpha value is -2.41. The summed E-state index contributed by atoms with van der Waals surface area (Å²) in [6.45, 7) is -0.0945. The second-order valence-electron chi connectivity index (χ2n) is 3.80. The van der Waals surface area contributed by atoms with Gasteiger partial charge in [0.2, 0.25) is 11.8 Å². The predicted molar refractivity (Wildman–Crippen MR) is 76.1 cm³/mol. The molecule has 0 aliphatic heterocycles. The van der Waals surface area contributed by atoms with Crippen molar-refractivity contribution in [2.75, 3.05) is 19.0 Å². The Labute approximate surface area is 119 Å². The molecule has 0 unspecified atom stereocenters. The van der Waals surface area contributed by atoms with Crippen molar-refractivity contribution < 1.29 is 14.3 Å². The van der Waals surface area contributed by atoms with Gasteiger partial charge in [0.1, 0.15) is 0 Å².